The summed E-state index contributed by atoms with van der Waals surface area (Å²) < 4.78 is 1.74. The number of fused-ring (bicyclic) bond motifs is 3. The van der Waals surface area contributed by atoms with Crippen LogP contribution in [0.3, 0.4) is 0 Å². The summed E-state index contributed by atoms with van der Waals surface area (Å²) >= 11 is 3.22. The smallest absolute Gasteiger partial charge is 0.267 e. The molecule has 0 saturated carbocycles. The SMILES string of the molecule is O=c1c2c3c(sc2nc(SCCCO)n1-c1ccccc1)CCCC3. The molecule has 4 nitrogen and oxygen atoms in total. The van der Waals surface area contributed by atoms with Crippen molar-refractivity contribution in [3.63, 3.8) is 0 Å². The molecular weight excluding hydrogens is 352 g/mol. The highest BCUT2D eigenvalue weighted by molar-refractivity contribution is 7.99. The lowest BCUT2D eigenvalue weighted by Gasteiger charge is -2.13. The molecule has 1 N–H and O–H groups in total. The molecule has 6 heteroatoms. The van der Waals surface area contributed by atoms with Crippen LogP contribution in [0.15, 0.2) is 40.3 Å². The summed E-state index contributed by atoms with van der Waals surface area (Å²) in [7, 11) is 0. The van der Waals surface area contributed by atoms with Crippen LogP contribution in [0, 0.1) is 0 Å². The first-order chi connectivity index (χ1) is 12.3. The average Bonchev–Trinajstić information content (AvgIpc) is 3.01. The lowest BCUT2D eigenvalue weighted by molar-refractivity contribution is 0.296. The van der Waals surface area contributed by atoms with Gasteiger partial charge in [0.2, 0.25) is 0 Å². The Hall–Kier alpha value is -1.63. The minimum absolute atomic E-state index is 0.0436. The highest BCUT2D eigenvalue weighted by Crippen LogP contribution is 2.35. The molecule has 0 fully saturated rings. The van der Waals surface area contributed by atoms with E-state index in [0.717, 1.165) is 46.1 Å². The Balaban J connectivity index is 1.93. The van der Waals surface area contributed by atoms with E-state index in [-0.39, 0.29) is 12.2 Å². The van der Waals surface area contributed by atoms with Crippen LogP contribution in [-0.2, 0) is 12.8 Å². The molecule has 1 aliphatic carbocycles. The Morgan fingerprint density at radius 3 is 2.80 bits per heavy atom. The van der Waals surface area contributed by atoms with Gasteiger partial charge in [0.05, 0.1) is 11.1 Å². The van der Waals surface area contributed by atoms with Crippen LogP contribution in [0.1, 0.15) is 29.7 Å². The Bertz CT molecular complexity index is 947. The summed E-state index contributed by atoms with van der Waals surface area (Å²) in [4.78, 5) is 20.4. The fourth-order valence-electron chi connectivity index (χ4n) is 3.32. The second-order valence-electron chi connectivity index (χ2n) is 6.19. The van der Waals surface area contributed by atoms with Crippen LogP contribution in [0.2, 0.25) is 0 Å². The van der Waals surface area contributed by atoms with Crippen LogP contribution in [0.25, 0.3) is 15.9 Å². The molecular formula is C19H20N2O2S2. The van der Waals surface area contributed by atoms with Gasteiger partial charge in [-0.25, -0.2) is 4.98 Å². The van der Waals surface area contributed by atoms with E-state index >= 15 is 0 Å². The first-order valence-electron chi connectivity index (χ1n) is 8.66. The quantitative estimate of drug-likeness (QED) is 0.420. The van der Waals surface area contributed by atoms with Gasteiger partial charge in [0.25, 0.3) is 5.56 Å². The number of para-hydroxylation sites is 1. The van der Waals surface area contributed by atoms with Crippen molar-refractivity contribution in [3.8, 4) is 5.69 Å². The molecule has 2 heterocycles. The fourth-order valence-corrected chi connectivity index (χ4v) is 5.55. The molecule has 1 aromatic carbocycles. The van der Waals surface area contributed by atoms with Crippen LogP contribution in [0.5, 0.6) is 0 Å². The predicted octanol–water partition coefficient (Wildman–Crippen LogP) is 3.80. The van der Waals surface area contributed by atoms with Gasteiger partial charge in [-0.15, -0.1) is 11.3 Å². The van der Waals surface area contributed by atoms with Crippen molar-refractivity contribution >= 4 is 33.3 Å². The third-order valence-electron chi connectivity index (χ3n) is 4.51. The monoisotopic (exact) mass is 372 g/mol. The second kappa shape index (κ2) is 7.32. The van der Waals surface area contributed by atoms with Crippen molar-refractivity contribution in [2.45, 2.75) is 37.3 Å². The summed E-state index contributed by atoms with van der Waals surface area (Å²) in [6, 6.07) is 9.73. The molecule has 0 atom stereocenters. The highest BCUT2D eigenvalue weighted by atomic mass is 32.2. The maximum atomic E-state index is 13.4. The molecule has 25 heavy (non-hydrogen) atoms. The van der Waals surface area contributed by atoms with Crippen molar-refractivity contribution in [1.29, 1.82) is 0 Å². The number of hydrogen-bond donors (Lipinski definition) is 1. The van der Waals surface area contributed by atoms with Gasteiger partial charge in [0, 0.05) is 17.2 Å². The van der Waals surface area contributed by atoms with E-state index in [9.17, 15) is 4.79 Å². The van der Waals surface area contributed by atoms with E-state index in [4.69, 9.17) is 10.1 Å². The van der Waals surface area contributed by atoms with Crippen molar-refractivity contribution in [2.24, 2.45) is 0 Å². The first-order valence-corrected chi connectivity index (χ1v) is 10.5. The van der Waals surface area contributed by atoms with Gasteiger partial charge in [0.15, 0.2) is 5.16 Å². The Labute approximate surface area is 154 Å². The maximum absolute atomic E-state index is 13.4. The standard InChI is InChI=1S/C19H20N2O2S2/c22-11-6-12-24-19-20-17-16(14-9-4-5-10-15(14)25-17)18(23)21(19)13-7-2-1-3-8-13/h1-3,7-8,22H,4-6,9-12H2. The van der Waals surface area contributed by atoms with E-state index < -0.39 is 0 Å². The van der Waals surface area contributed by atoms with Crippen LogP contribution < -0.4 is 5.56 Å². The minimum atomic E-state index is 0.0436. The number of nitrogens with zero attached hydrogens (tertiary/aromatic N) is 2. The molecule has 0 unspecified atom stereocenters. The van der Waals surface area contributed by atoms with Gasteiger partial charge in [-0.05, 0) is 49.8 Å². The summed E-state index contributed by atoms with van der Waals surface area (Å²) in [5.41, 5.74) is 2.12. The summed E-state index contributed by atoms with van der Waals surface area (Å²) in [5.74, 6) is 0.742. The average molecular weight is 373 g/mol. The molecule has 1 aliphatic rings. The molecule has 0 amide bonds. The number of aromatic nitrogens is 2. The van der Waals surface area contributed by atoms with Gasteiger partial charge in [-0.3, -0.25) is 9.36 Å². The van der Waals surface area contributed by atoms with Crippen molar-refractivity contribution in [3.05, 3.63) is 51.1 Å². The first kappa shape index (κ1) is 16.8. The van der Waals surface area contributed by atoms with Gasteiger partial charge in [-0.1, -0.05) is 30.0 Å². The number of aryl methyl sites for hydroxylation is 2. The van der Waals surface area contributed by atoms with E-state index in [2.05, 4.69) is 0 Å². The maximum Gasteiger partial charge on any atom is 0.267 e. The zero-order valence-electron chi connectivity index (χ0n) is 13.9. The summed E-state index contributed by atoms with van der Waals surface area (Å²) in [6.45, 7) is 0.151. The van der Waals surface area contributed by atoms with E-state index in [1.165, 1.54) is 28.6 Å². The van der Waals surface area contributed by atoms with E-state index in [1.807, 2.05) is 30.3 Å². The van der Waals surface area contributed by atoms with E-state index in [0.29, 0.717) is 6.42 Å². The van der Waals surface area contributed by atoms with Gasteiger partial charge < -0.3 is 5.11 Å². The number of aliphatic hydroxyl groups excluding tert-OH is 1. The minimum Gasteiger partial charge on any atom is -0.396 e. The van der Waals surface area contributed by atoms with Gasteiger partial charge >= 0.3 is 0 Å². The number of thiophene rings is 1. The Kier molecular flexibility index (Phi) is 4.92. The number of aliphatic hydroxyl groups is 1. The van der Waals surface area contributed by atoms with Crippen LogP contribution >= 0.6 is 23.1 Å². The normalized spacial score (nSPS) is 14.0. The molecule has 0 radical (unpaired) electrons. The lowest BCUT2D eigenvalue weighted by Crippen LogP contribution is -2.22. The number of benzene rings is 1. The molecule has 3 aromatic rings. The zero-order valence-corrected chi connectivity index (χ0v) is 15.5. The molecule has 0 aliphatic heterocycles. The van der Waals surface area contributed by atoms with Crippen LogP contribution in [-0.4, -0.2) is 27.0 Å². The molecule has 0 saturated heterocycles. The molecule has 0 bridgehead atoms. The Morgan fingerprint density at radius 1 is 1.20 bits per heavy atom. The van der Waals surface area contributed by atoms with Gasteiger partial charge in [-0.2, -0.15) is 0 Å². The number of rotatable bonds is 5. The summed E-state index contributed by atoms with van der Waals surface area (Å²) in [6.07, 6.45) is 5.09. The zero-order chi connectivity index (χ0) is 17.2. The van der Waals surface area contributed by atoms with Gasteiger partial charge in [0.1, 0.15) is 4.83 Å². The van der Waals surface area contributed by atoms with Crippen LogP contribution in [0.4, 0.5) is 0 Å². The van der Waals surface area contributed by atoms with Crippen molar-refractivity contribution in [2.75, 3.05) is 12.4 Å². The molecule has 0 spiro atoms. The van der Waals surface area contributed by atoms with Crippen molar-refractivity contribution < 1.29 is 5.11 Å². The fraction of sp³-hybridized carbons (Fsp3) is 0.368. The third kappa shape index (κ3) is 3.14. The molecule has 2 aromatic heterocycles. The number of hydrogen-bond acceptors (Lipinski definition) is 5. The largest absolute Gasteiger partial charge is 0.396 e. The predicted molar refractivity (Wildman–Crippen MR) is 104 cm³/mol. The molecule has 4 rings (SSSR count). The third-order valence-corrected chi connectivity index (χ3v) is 6.72. The van der Waals surface area contributed by atoms with Crippen molar-refractivity contribution in [1.82, 2.24) is 9.55 Å². The molecule has 130 valence electrons. The topological polar surface area (TPSA) is 55.1 Å². The Morgan fingerprint density at radius 2 is 2.00 bits per heavy atom. The lowest BCUT2D eigenvalue weighted by atomic mass is 9.97. The highest BCUT2D eigenvalue weighted by Gasteiger charge is 2.22. The number of thioether (sulfide) groups is 1. The van der Waals surface area contributed by atoms with E-state index in [1.54, 1.807) is 15.9 Å². The summed E-state index contributed by atoms with van der Waals surface area (Å²) in [5, 5.41) is 10.6. The second-order valence-corrected chi connectivity index (χ2v) is 8.33.